The molecule has 7 unspecified atom stereocenters. The van der Waals surface area contributed by atoms with E-state index in [1.807, 2.05) is 13.8 Å². The molecule has 0 bridgehead atoms. The van der Waals surface area contributed by atoms with Gasteiger partial charge in [0, 0.05) is 6.61 Å². The van der Waals surface area contributed by atoms with Gasteiger partial charge in [-0.15, -0.1) is 0 Å². The molecule has 2 heteroatoms. The molecule has 0 aliphatic heterocycles. The summed E-state index contributed by atoms with van der Waals surface area (Å²) in [5, 5.41) is 19.5. The second-order valence-corrected chi connectivity index (χ2v) is 9.49. The van der Waals surface area contributed by atoms with Gasteiger partial charge in [0.05, 0.1) is 6.10 Å². The van der Waals surface area contributed by atoms with E-state index in [-0.39, 0.29) is 6.10 Å². The number of fused-ring (bicyclic) bond motifs is 5. The van der Waals surface area contributed by atoms with Crippen LogP contribution in [0.15, 0.2) is 11.6 Å². The maximum atomic E-state index is 10.1. The van der Waals surface area contributed by atoms with E-state index in [1.165, 1.54) is 38.5 Å². The molecule has 0 heterocycles. The van der Waals surface area contributed by atoms with Crippen molar-refractivity contribution in [1.29, 1.82) is 0 Å². The lowest BCUT2D eigenvalue weighted by Crippen LogP contribution is -2.48. The Labute approximate surface area is 155 Å². The van der Waals surface area contributed by atoms with Crippen molar-refractivity contribution in [3.8, 4) is 0 Å². The summed E-state index contributed by atoms with van der Waals surface area (Å²) in [6.07, 6.45) is 13.3. The molecule has 0 aromatic rings. The highest BCUT2D eigenvalue weighted by molar-refractivity contribution is 5.28. The molecule has 0 radical (unpaired) electrons. The Kier molecular flexibility index (Phi) is 5.71. The van der Waals surface area contributed by atoms with Crippen molar-refractivity contribution in [1.82, 2.24) is 0 Å². The lowest BCUT2D eigenvalue weighted by molar-refractivity contribution is -0.0133. The molecule has 0 amide bonds. The molecule has 3 saturated carbocycles. The van der Waals surface area contributed by atoms with Gasteiger partial charge in [-0.25, -0.2) is 0 Å². The quantitative estimate of drug-likeness (QED) is 0.662. The number of aliphatic hydroxyl groups excluding tert-OH is 2. The zero-order valence-electron chi connectivity index (χ0n) is 16.9. The fraction of sp³-hybridized carbons (Fsp3) is 0.913. The van der Waals surface area contributed by atoms with E-state index < -0.39 is 0 Å². The molecule has 0 aromatic heterocycles. The van der Waals surface area contributed by atoms with Crippen LogP contribution in [0.4, 0.5) is 0 Å². The SMILES string of the molecule is CC.CC12CCC(O)CC1CCC1C2=CCC2(C)C(CCO)CCC12. The van der Waals surface area contributed by atoms with Gasteiger partial charge in [-0.2, -0.15) is 0 Å². The average Bonchev–Trinajstić information content (AvgIpc) is 2.94. The first-order valence-electron chi connectivity index (χ1n) is 11.0. The van der Waals surface area contributed by atoms with Crippen LogP contribution in [0.3, 0.4) is 0 Å². The Bertz CT molecular complexity index is 498. The van der Waals surface area contributed by atoms with Gasteiger partial charge in [0.1, 0.15) is 0 Å². The van der Waals surface area contributed by atoms with Crippen LogP contribution in [0.5, 0.6) is 0 Å². The van der Waals surface area contributed by atoms with E-state index in [9.17, 15) is 10.2 Å². The lowest BCUT2D eigenvalue weighted by Gasteiger charge is -2.56. The van der Waals surface area contributed by atoms with Gasteiger partial charge in [0.25, 0.3) is 0 Å². The van der Waals surface area contributed by atoms with Crippen molar-refractivity contribution in [3.05, 3.63) is 11.6 Å². The molecule has 4 rings (SSSR count). The topological polar surface area (TPSA) is 40.5 Å². The van der Waals surface area contributed by atoms with Gasteiger partial charge in [0.2, 0.25) is 0 Å². The first kappa shape index (κ1) is 19.4. The summed E-state index contributed by atoms with van der Waals surface area (Å²) >= 11 is 0. The van der Waals surface area contributed by atoms with Gasteiger partial charge >= 0.3 is 0 Å². The van der Waals surface area contributed by atoms with Crippen LogP contribution >= 0.6 is 0 Å². The lowest BCUT2D eigenvalue weighted by atomic mass is 9.48. The van der Waals surface area contributed by atoms with E-state index in [4.69, 9.17) is 0 Å². The summed E-state index contributed by atoms with van der Waals surface area (Å²) < 4.78 is 0. The number of rotatable bonds is 2. The molecule has 2 nitrogen and oxygen atoms in total. The number of aliphatic hydroxyl groups is 2. The predicted octanol–water partition coefficient (Wildman–Crippen LogP) is 5.33. The third-order valence-electron chi connectivity index (χ3n) is 8.67. The summed E-state index contributed by atoms with van der Waals surface area (Å²) in [6, 6.07) is 0. The summed E-state index contributed by atoms with van der Waals surface area (Å²) in [6.45, 7) is 9.37. The second kappa shape index (κ2) is 7.35. The Morgan fingerprint density at radius 1 is 1.08 bits per heavy atom. The number of hydrogen-bond donors (Lipinski definition) is 2. The van der Waals surface area contributed by atoms with E-state index in [0.717, 1.165) is 31.1 Å². The Hall–Kier alpha value is -0.340. The zero-order chi connectivity index (χ0) is 18.2. The molecule has 25 heavy (non-hydrogen) atoms. The molecule has 0 aromatic carbocycles. The van der Waals surface area contributed by atoms with Crippen LogP contribution in [0.1, 0.15) is 85.5 Å². The van der Waals surface area contributed by atoms with E-state index in [0.29, 0.717) is 29.3 Å². The van der Waals surface area contributed by atoms with E-state index in [2.05, 4.69) is 19.9 Å². The van der Waals surface area contributed by atoms with Crippen LogP contribution in [0, 0.1) is 34.5 Å². The third kappa shape index (κ3) is 3.02. The van der Waals surface area contributed by atoms with Crippen molar-refractivity contribution in [2.75, 3.05) is 6.61 Å². The van der Waals surface area contributed by atoms with Crippen LogP contribution in [0.25, 0.3) is 0 Å². The predicted molar refractivity (Wildman–Crippen MR) is 104 cm³/mol. The number of allylic oxidation sites excluding steroid dienone is 2. The van der Waals surface area contributed by atoms with Gasteiger partial charge in [-0.05, 0) is 92.3 Å². The van der Waals surface area contributed by atoms with Gasteiger partial charge in [-0.1, -0.05) is 39.3 Å². The van der Waals surface area contributed by atoms with E-state index in [1.54, 1.807) is 5.57 Å². The molecular formula is C23H40O2. The van der Waals surface area contributed by atoms with Crippen LogP contribution in [-0.4, -0.2) is 22.9 Å². The Morgan fingerprint density at radius 2 is 1.84 bits per heavy atom. The van der Waals surface area contributed by atoms with Crippen LogP contribution < -0.4 is 0 Å². The van der Waals surface area contributed by atoms with Crippen LogP contribution in [0.2, 0.25) is 0 Å². The van der Waals surface area contributed by atoms with Crippen molar-refractivity contribution in [2.24, 2.45) is 34.5 Å². The molecule has 4 aliphatic carbocycles. The zero-order valence-corrected chi connectivity index (χ0v) is 16.9. The standard InChI is InChI=1S/C21H34O2.C2H6/c1-20-11-8-19-17(18(20)6-4-14(20)9-12-22)5-3-15-13-16(23)7-10-21(15,19)2;1-2/h8,14-18,22-23H,3-7,9-13H2,1-2H3;1-2H3. The second-order valence-electron chi connectivity index (χ2n) is 9.49. The molecule has 0 saturated heterocycles. The highest BCUT2D eigenvalue weighted by atomic mass is 16.3. The Balaban J connectivity index is 0.000000880. The summed E-state index contributed by atoms with van der Waals surface area (Å²) in [4.78, 5) is 0. The normalized spacial score (nSPS) is 48.4. The van der Waals surface area contributed by atoms with E-state index >= 15 is 0 Å². The monoisotopic (exact) mass is 348 g/mol. The first-order chi connectivity index (χ1) is 12.0. The summed E-state index contributed by atoms with van der Waals surface area (Å²) in [5.41, 5.74) is 2.56. The maximum Gasteiger partial charge on any atom is 0.0543 e. The van der Waals surface area contributed by atoms with Gasteiger partial charge < -0.3 is 10.2 Å². The fourth-order valence-corrected chi connectivity index (χ4v) is 7.24. The van der Waals surface area contributed by atoms with Crippen molar-refractivity contribution in [3.63, 3.8) is 0 Å². The highest BCUT2D eigenvalue weighted by Gasteiger charge is 2.56. The molecule has 144 valence electrons. The Morgan fingerprint density at radius 3 is 2.56 bits per heavy atom. The number of hydrogen-bond acceptors (Lipinski definition) is 2. The minimum Gasteiger partial charge on any atom is -0.396 e. The maximum absolute atomic E-state index is 10.1. The molecular weight excluding hydrogens is 308 g/mol. The minimum atomic E-state index is -0.0560. The van der Waals surface area contributed by atoms with Crippen molar-refractivity contribution in [2.45, 2.75) is 91.6 Å². The average molecular weight is 349 g/mol. The smallest absolute Gasteiger partial charge is 0.0543 e. The van der Waals surface area contributed by atoms with Crippen LogP contribution in [-0.2, 0) is 0 Å². The molecule has 4 aliphatic rings. The van der Waals surface area contributed by atoms with Crippen molar-refractivity contribution >= 4 is 0 Å². The summed E-state index contributed by atoms with van der Waals surface area (Å²) in [7, 11) is 0. The van der Waals surface area contributed by atoms with Crippen molar-refractivity contribution < 1.29 is 10.2 Å². The first-order valence-corrected chi connectivity index (χ1v) is 11.0. The summed E-state index contributed by atoms with van der Waals surface area (Å²) in [5.74, 6) is 3.04. The third-order valence-corrected chi connectivity index (χ3v) is 8.67. The fourth-order valence-electron chi connectivity index (χ4n) is 7.24. The molecule has 7 atom stereocenters. The van der Waals surface area contributed by atoms with Gasteiger partial charge in [0.15, 0.2) is 0 Å². The highest BCUT2D eigenvalue weighted by Crippen LogP contribution is 2.65. The minimum absolute atomic E-state index is 0.0560. The molecule has 3 fully saturated rings. The van der Waals surface area contributed by atoms with Gasteiger partial charge in [-0.3, -0.25) is 0 Å². The molecule has 0 spiro atoms. The largest absolute Gasteiger partial charge is 0.396 e. The molecule has 2 N–H and O–H groups in total.